The van der Waals surface area contributed by atoms with Crippen LogP contribution >= 0.6 is 11.8 Å². The Kier molecular flexibility index (Phi) is 5.43. The number of amides is 1. The van der Waals surface area contributed by atoms with Crippen LogP contribution in [0.3, 0.4) is 0 Å². The fraction of sp³-hybridized carbons (Fsp3) is 0.333. The molecule has 1 saturated heterocycles. The van der Waals surface area contributed by atoms with Crippen molar-refractivity contribution in [3.05, 3.63) is 60.1 Å². The maximum absolute atomic E-state index is 12.5. The lowest BCUT2D eigenvalue weighted by atomic mass is 9.99. The zero-order chi connectivity index (χ0) is 19.5. The van der Waals surface area contributed by atoms with E-state index in [1.165, 1.54) is 4.90 Å². The van der Waals surface area contributed by atoms with Crippen LogP contribution in [0.4, 0.5) is 0 Å². The van der Waals surface area contributed by atoms with Gasteiger partial charge in [-0.05, 0) is 29.8 Å². The van der Waals surface area contributed by atoms with Gasteiger partial charge in [0.2, 0.25) is 17.6 Å². The van der Waals surface area contributed by atoms with Crippen LogP contribution in [0.25, 0.3) is 11.5 Å². The fourth-order valence-corrected chi connectivity index (χ4v) is 3.92. The standard InChI is InChI=1S/C21H22N4O2S/c1-14(2)28-17-8-6-15(7-9-17)11-19(26)25-12-16(13-25)21-23-20(24-27-21)18-5-3-4-10-22-18/h3-10,14,16H,11-13H2,1-2H3. The molecule has 7 heteroatoms. The molecule has 0 radical (unpaired) electrons. The summed E-state index contributed by atoms with van der Waals surface area (Å²) in [5.74, 6) is 1.28. The first-order chi connectivity index (χ1) is 13.6. The molecule has 1 aliphatic rings. The van der Waals surface area contributed by atoms with Crippen molar-refractivity contribution in [1.82, 2.24) is 20.0 Å². The Labute approximate surface area is 168 Å². The summed E-state index contributed by atoms with van der Waals surface area (Å²) in [6.45, 7) is 5.57. The zero-order valence-corrected chi connectivity index (χ0v) is 16.7. The lowest BCUT2D eigenvalue weighted by Gasteiger charge is -2.37. The zero-order valence-electron chi connectivity index (χ0n) is 15.9. The number of nitrogens with zero attached hydrogens (tertiary/aromatic N) is 4. The van der Waals surface area contributed by atoms with Crippen molar-refractivity contribution in [2.45, 2.75) is 36.3 Å². The van der Waals surface area contributed by atoms with Gasteiger partial charge in [0.25, 0.3) is 0 Å². The van der Waals surface area contributed by atoms with Gasteiger partial charge < -0.3 is 9.42 Å². The highest BCUT2D eigenvalue weighted by atomic mass is 32.2. The van der Waals surface area contributed by atoms with E-state index < -0.39 is 0 Å². The van der Waals surface area contributed by atoms with Crippen LogP contribution in [0, 0.1) is 0 Å². The molecule has 0 spiro atoms. The van der Waals surface area contributed by atoms with Crippen LogP contribution < -0.4 is 0 Å². The van der Waals surface area contributed by atoms with Gasteiger partial charge in [-0.3, -0.25) is 9.78 Å². The largest absolute Gasteiger partial charge is 0.341 e. The highest BCUT2D eigenvalue weighted by molar-refractivity contribution is 7.99. The number of benzene rings is 1. The van der Waals surface area contributed by atoms with Crippen molar-refractivity contribution < 1.29 is 9.32 Å². The Morgan fingerprint density at radius 2 is 2.00 bits per heavy atom. The summed E-state index contributed by atoms with van der Waals surface area (Å²) < 4.78 is 5.37. The van der Waals surface area contributed by atoms with E-state index in [2.05, 4.69) is 41.1 Å². The number of rotatable bonds is 6. The third kappa shape index (κ3) is 4.25. The number of pyridine rings is 1. The molecule has 6 nitrogen and oxygen atoms in total. The maximum Gasteiger partial charge on any atom is 0.233 e. The smallest absolute Gasteiger partial charge is 0.233 e. The number of carbonyl (C=O) groups excluding carboxylic acids is 1. The van der Waals surface area contributed by atoms with Gasteiger partial charge in [-0.25, -0.2) is 0 Å². The Morgan fingerprint density at radius 1 is 1.21 bits per heavy atom. The van der Waals surface area contributed by atoms with Gasteiger partial charge in [-0.1, -0.05) is 37.2 Å². The van der Waals surface area contributed by atoms with Crippen LogP contribution in [0.1, 0.15) is 31.2 Å². The van der Waals surface area contributed by atoms with Gasteiger partial charge in [0, 0.05) is 29.4 Å². The molecule has 1 aromatic carbocycles. The van der Waals surface area contributed by atoms with Crippen molar-refractivity contribution in [1.29, 1.82) is 0 Å². The van der Waals surface area contributed by atoms with Crippen LogP contribution in [-0.4, -0.2) is 44.3 Å². The second-order valence-electron chi connectivity index (χ2n) is 7.15. The SMILES string of the molecule is CC(C)Sc1ccc(CC(=O)N2CC(c3nc(-c4ccccn4)no3)C2)cc1. The first kappa shape index (κ1) is 18.7. The van der Waals surface area contributed by atoms with Gasteiger partial charge in [0.05, 0.1) is 12.3 Å². The molecular weight excluding hydrogens is 372 g/mol. The number of hydrogen-bond donors (Lipinski definition) is 0. The Balaban J connectivity index is 1.30. The lowest BCUT2D eigenvalue weighted by molar-refractivity contribution is -0.135. The minimum atomic E-state index is 0.0960. The van der Waals surface area contributed by atoms with E-state index in [1.807, 2.05) is 47.0 Å². The van der Waals surface area contributed by atoms with Crippen LogP contribution in [-0.2, 0) is 11.2 Å². The molecule has 28 heavy (non-hydrogen) atoms. The third-order valence-corrected chi connectivity index (χ3v) is 5.59. The maximum atomic E-state index is 12.5. The van der Waals surface area contributed by atoms with E-state index in [1.54, 1.807) is 6.20 Å². The van der Waals surface area contributed by atoms with E-state index >= 15 is 0 Å². The first-order valence-electron chi connectivity index (χ1n) is 9.37. The molecule has 1 amide bonds. The molecule has 1 aliphatic heterocycles. The summed E-state index contributed by atoms with van der Waals surface area (Å²) >= 11 is 1.82. The predicted octanol–water partition coefficient (Wildman–Crippen LogP) is 3.80. The Bertz CT molecular complexity index is 935. The first-order valence-corrected chi connectivity index (χ1v) is 10.2. The molecule has 2 aromatic heterocycles. The van der Waals surface area contributed by atoms with Crippen molar-refractivity contribution in [3.63, 3.8) is 0 Å². The predicted molar refractivity (Wildman–Crippen MR) is 108 cm³/mol. The van der Waals surface area contributed by atoms with Gasteiger partial charge in [0.15, 0.2) is 0 Å². The van der Waals surface area contributed by atoms with Gasteiger partial charge in [-0.2, -0.15) is 4.98 Å². The van der Waals surface area contributed by atoms with E-state index in [4.69, 9.17) is 4.52 Å². The number of hydrogen-bond acceptors (Lipinski definition) is 6. The van der Waals surface area contributed by atoms with Crippen molar-refractivity contribution in [2.24, 2.45) is 0 Å². The van der Waals surface area contributed by atoms with Crippen molar-refractivity contribution in [2.75, 3.05) is 13.1 Å². The fourth-order valence-electron chi connectivity index (χ4n) is 3.08. The average molecular weight is 395 g/mol. The van der Waals surface area contributed by atoms with E-state index in [0.717, 1.165) is 5.56 Å². The lowest BCUT2D eigenvalue weighted by Crippen LogP contribution is -2.49. The van der Waals surface area contributed by atoms with E-state index in [-0.39, 0.29) is 11.8 Å². The summed E-state index contributed by atoms with van der Waals surface area (Å²) in [6, 6.07) is 13.8. The molecule has 0 N–H and O–H groups in total. The average Bonchev–Trinajstić information content (AvgIpc) is 3.12. The summed E-state index contributed by atoms with van der Waals surface area (Å²) in [5.41, 5.74) is 1.72. The van der Waals surface area contributed by atoms with Crippen LogP contribution in [0.2, 0.25) is 0 Å². The molecule has 0 unspecified atom stereocenters. The molecule has 0 bridgehead atoms. The highest BCUT2D eigenvalue weighted by Gasteiger charge is 2.35. The van der Waals surface area contributed by atoms with Crippen LogP contribution in [0.15, 0.2) is 58.1 Å². The van der Waals surface area contributed by atoms with Crippen LogP contribution in [0.5, 0.6) is 0 Å². The molecule has 0 aliphatic carbocycles. The summed E-state index contributed by atoms with van der Waals surface area (Å²) in [7, 11) is 0. The second-order valence-corrected chi connectivity index (χ2v) is 8.80. The monoisotopic (exact) mass is 394 g/mol. The normalized spacial score (nSPS) is 14.3. The summed E-state index contributed by atoms with van der Waals surface area (Å²) in [4.78, 5) is 24.2. The number of likely N-dealkylation sites (tertiary alicyclic amines) is 1. The molecule has 4 rings (SSSR count). The second kappa shape index (κ2) is 8.14. The molecule has 0 saturated carbocycles. The minimum Gasteiger partial charge on any atom is -0.341 e. The molecule has 1 fully saturated rings. The Morgan fingerprint density at radius 3 is 2.68 bits per heavy atom. The topological polar surface area (TPSA) is 72.1 Å². The number of carbonyl (C=O) groups is 1. The number of thioether (sulfide) groups is 1. The quantitative estimate of drug-likeness (QED) is 0.592. The number of aromatic nitrogens is 3. The van der Waals surface area contributed by atoms with E-state index in [9.17, 15) is 4.79 Å². The molecule has 3 heterocycles. The Hall–Kier alpha value is -2.67. The van der Waals surface area contributed by atoms with Crippen molar-refractivity contribution in [3.8, 4) is 11.5 Å². The van der Waals surface area contributed by atoms with Gasteiger partial charge in [0.1, 0.15) is 5.69 Å². The molecule has 0 atom stereocenters. The molecule has 3 aromatic rings. The summed E-state index contributed by atoms with van der Waals surface area (Å²) in [6.07, 6.45) is 2.12. The summed E-state index contributed by atoms with van der Waals surface area (Å²) in [5, 5.41) is 4.55. The van der Waals surface area contributed by atoms with Gasteiger partial charge in [-0.15, -0.1) is 11.8 Å². The third-order valence-electron chi connectivity index (χ3n) is 4.57. The molecular formula is C21H22N4O2S. The highest BCUT2D eigenvalue weighted by Crippen LogP contribution is 2.28. The van der Waals surface area contributed by atoms with E-state index in [0.29, 0.717) is 42.2 Å². The van der Waals surface area contributed by atoms with Crippen molar-refractivity contribution >= 4 is 17.7 Å². The minimum absolute atomic E-state index is 0.0960. The van der Waals surface area contributed by atoms with Gasteiger partial charge >= 0.3 is 0 Å². The molecule has 144 valence electrons.